The molecule has 18 heavy (non-hydrogen) atoms. The summed E-state index contributed by atoms with van der Waals surface area (Å²) < 4.78 is 0. The van der Waals surface area contributed by atoms with Crippen molar-refractivity contribution in [2.75, 3.05) is 6.54 Å². The molecule has 0 spiro atoms. The van der Waals surface area contributed by atoms with E-state index in [1.165, 1.54) is 0 Å². The number of amides is 1. The average molecular weight is 288 g/mol. The molecule has 1 aliphatic rings. The summed E-state index contributed by atoms with van der Waals surface area (Å²) >= 11 is 12.1. The van der Waals surface area contributed by atoms with Crippen LogP contribution in [0.4, 0.5) is 0 Å². The fourth-order valence-electron chi connectivity index (χ4n) is 2.01. The third-order valence-corrected chi connectivity index (χ3v) is 3.91. The minimum atomic E-state index is -0.527. The van der Waals surface area contributed by atoms with E-state index < -0.39 is 6.10 Å². The van der Waals surface area contributed by atoms with Crippen LogP contribution in [0.3, 0.4) is 0 Å². The normalized spacial score (nSPS) is 23.6. The summed E-state index contributed by atoms with van der Waals surface area (Å²) in [6.45, 7) is 1.92. The number of halogens is 2. The van der Waals surface area contributed by atoms with Crippen molar-refractivity contribution in [3.63, 3.8) is 0 Å². The molecular formula is C13H15Cl2NO2. The van der Waals surface area contributed by atoms with Gasteiger partial charge in [0.2, 0.25) is 5.91 Å². The monoisotopic (exact) mass is 287 g/mol. The van der Waals surface area contributed by atoms with Crippen molar-refractivity contribution in [3.8, 4) is 0 Å². The number of carbonyl (C=O) groups excluding carboxylic acids is 1. The van der Waals surface area contributed by atoms with Crippen molar-refractivity contribution >= 4 is 29.1 Å². The van der Waals surface area contributed by atoms with E-state index >= 15 is 0 Å². The van der Waals surface area contributed by atoms with E-state index in [1.54, 1.807) is 13.0 Å². The van der Waals surface area contributed by atoms with E-state index in [9.17, 15) is 4.79 Å². The molecule has 3 nitrogen and oxygen atoms in total. The largest absolute Gasteiger partial charge is 0.392 e. The predicted molar refractivity (Wildman–Crippen MR) is 72.0 cm³/mol. The number of rotatable bonds is 4. The van der Waals surface area contributed by atoms with Gasteiger partial charge < -0.3 is 10.4 Å². The van der Waals surface area contributed by atoms with Gasteiger partial charge in [0.1, 0.15) is 0 Å². The van der Waals surface area contributed by atoms with Crippen molar-refractivity contribution < 1.29 is 9.90 Å². The lowest BCUT2D eigenvalue weighted by Gasteiger charge is -2.08. The minimum Gasteiger partial charge on any atom is -0.392 e. The Hall–Kier alpha value is -0.770. The fraction of sp³-hybridized carbons (Fsp3) is 0.462. The molecule has 1 aromatic carbocycles. The van der Waals surface area contributed by atoms with Crippen LogP contribution in [-0.2, 0) is 4.79 Å². The van der Waals surface area contributed by atoms with Crippen molar-refractivity contribution in [3.05, 3.63) is 33.8 Å². The lowest BCUT2D eigenvalue weighted by atomic mass is 10.1. The third kappa shape index (κ3) is 2.97. The quantitative estimate of drug-likeness (QED) is 0.894. The highest BCUT2D eigenvalue weighted by Gasteiger charge is 2.44. The van der Waals surface area contributed by atoms with E-state index in [2.05, 4.69) is 5.32 Å². The highest BCUT2D eigenvalue weighted by Crippen LogP contribution is 2.50. The van der Waals surface area contributed by atoms with E-state index in [0.717, 1.165) is 12.0 Å². The van der Waals surface area contributed by atoms with E-state index in [1.807, 2.05) is 12.1 Å². The van der Waals surface area contributed by atoms with Gasteiger partial charge in [-0.2, -0.15) is 0 Å². The Labute approximate surface area is 116 Å². The number of aliphatic hydroxyl groups is 1. The molecule has 0 bridgehead atoms. The lowest BCUT2D eigenvalue weighted by Crippen LogP contribution is -2.31. The molecule has 0 heterocycles. The molecule has 0 radical (unpaired) electrons. The van der Waals surface area contributed by atoms with Gasteiger partial charge in [-0.25, -0.2) is 0 Å². The molecule has 3 unspecified atom stereocenters. The minimum absolute atomic E-state index is 0.0306. The number of hydrogen-bond donors (Lipinski definition) is 2. The molecule has 5 heteroatoms. The summed E-state index contributed by atoms with van der Waals surface area (Å²) in [6.07, 6.45) is 0.257. The first kappa shape index (κ1) is 13.7. The van der Waals surface area contributed by atoms with E-state index in [4.69, 9.17) is 28.3 Å². The van der Waals surface area contributed by atoms with Crippen LogP contribution in [0.15, 0.2) is 18.2 Å². The van der Waals surface area contributed by atoms with Crippen LogP contribution in [0.1, 0.15) is 24.8 Å². The standard InChI is InChI=1S/C13H15Cl2NO2/c1-7(17)6-16-13(18)10-5-9(10)8-3-2-4-11(14)12(8)15/h2-4,7,9-10,17H,5-6H2,1H3,(H,16,18). The topological polar surface area (TPSA) is 49.3 Å². The zero-order valence-corrected chi connectivity index (χ0v) is 11.5. The van der Waals surface area contributed by atoms with Crippen LogP contribution in [0.2, 0.25) is 10.0 Å². The number of nitrogens with one attached hydrogen (secondary N) is 1. The highest BCUT2D eigenvalue weighted by atomic mass is 35.5. The van der Waals surface area contributed by atoms with Gasteiger partial charge >= 0.3 is 0 Å². The SMILES string of the molecule is CC(O)CNC(=O)C1CC1c1cccc(Cl)c1Cl. The Morgan fingerprint density at radius 3 is 2.94 bits per heavy atom. The average Bonchev–Trinajstić information content (AvgIpc) is 3.09. The number of benzene rings is 1. The smallest absolute Gasteiger partial charge is 0.223 e. The molecule has 1 amide bonds. The Morgan fingerprint density at radius 1 is 1.56 bits per heavy atom. The second-order valence-electron chi connectivity index (χ2n) is 4.69. The van der Waals surface area contributed by atoms with Crippen molar-refractivity contribution in [2.45, 2.75) is 25.4 Å². The first-order valence-corrected chi connectivity index (χ1v) is 6.66. The maximum Gasteiger partial charge on any atom is 0.223 e. The Balaban J connectivity index is 1.98. The Morgan fingerprint density at radius 2 is 2.28 bits per heavy atom. The second kappa shape index (κ2) is 5.47. The molecule has 2 rings (SSSR count). The Bertz CT molecular complexity index is 462. The third-order valence-electron chi connectivity index (χ3n) is 3.08. The zero-order chi connectivity index (χ0) is 13.3. The van der Waals surface area contributed by atoms with Gasteiger partial charge in [-0.1, -0.05) is 35.3 Å². The molecule has 98 valence electrons. The van der Waals surface area contributed by atoms with Crippen molar-refractivity contribution in [1.29, 1.82) is 0 Å². The molecule has 1 fully saturated rings. The number of hydrogen-bond acceptors (Lipinski definition) is 2. The van der Waals surface area contributed by atoms with Gasteiger partial charge in [0, 0.05) is 12.5 Å². The van der Waals surface area contributed by atoms with Crippen LogP contribution in [0.5, 0.6) is 0 Å². The predicted octanol–water partition coefficient (Wildman–Crippen LogP) is 2.59. The van der Waals surface area contributed by atoms with Gasteiger partial charge in [-0.05, 0) is 30.9 Å². The molecule has 1 aliphatic carbocycles. The zero-order valence-electron chi connectivity index (χ0n) is 9.99. The lowest BCUT2D eigenvalue weighted by molar-refractivity contribution is -0.122. The second-order valence-corrected chi connectivity index (χ2v) is 5.47. The van der Waals surface area contributed by atoms with Gasteiger partial charge in [0.25, 0.3) is 0 Å². The molecule has 2 N–H and O–H groups in total. The molecular weight excluding hydrogens is 273 g/mol. The van der Waals surface area contributed by atoms with Crippen LogP contribution in [-0.4, -0.2) is 23.7 Å². The van der Waals surface area contributed by atoms with E-state index in [0.29, 0.717) is 10.0 Å². The van der Waals surface area contributed by atoms with Gasteiger partial charge in [-0.15, -0.1) is 0 Å². The maximum absolute atomic E-state index is 11.8. The molecule has 0 saturated heterocycles. The van der Waals surface area contributed by atoms with Crippen LogP contribution in [0.25, 0.3) is 0 Å². The summed E-state index contributed by atoms with van der Waals surface area (Å²) in [5.74, 6) is 0.0573. The van der Waals surface area contributed by atoms with Crippen LogP contribution in [0, 0.1) is 5.92 Å². The van der Waals surface area contributed by atoms with Crippen LogP contribution < -0.4 is 5.32 Å². The summed E-state index contributed by atoms with van der Waals surface area (Å²) in [7, 11) is 0. The highest BCUT2D eigenvalue weighted by molar-refractivity contribution is 6.42. The van der Waals surface area contributed by atoms with Gasteiger partial charge in [-0.3, -0.25) is 4.79 Å². The van der Waals surface area contributed by atoms with Crippen molar-refractivity contribution in [1.82, 2.24) is 5.32 Å². The van der Waals surface area contributed by atoms with Crippen LogP contribution >= 0.6 is 23.2 Å². The summed E-state index contributed by atoms with van der Waals surface area (Å²) in [4.78, 5) is 11.8. The van der Waals surface area contributed by atoms with Gasteiger partial charge in [0.15, 0.2) is 0 Å². The molecule has 1 aromatic rings. The number of carbonyl (C=O) groups is 1. The molecule has 0 aromatic heterocycles. The summed E-state index contributed by atoms with van der Waals surface area (Å²) in [5, 5.41) is 12.9. The number of aliphatic hydroxyl groups excluding tert-OH is 1. The maximum atomic E-state index is 11.8. The molecule has 0 aliphatic heterocycles. The van der Waals surface area contributed by atoms with Crippen molar-refractivity contribution in [2.24, 2.45) is 5.92 Å². The molecule has 1 saturated carbocycles. The summed E-state index contributed by atoms with van der Waals surface area (Å²) in [6, 6.07) is 5.48. The Kier molecular flexibility index (Phi) is 4.15. The first-order chi connectivity index (χ1) is 8.50. The summed E-state index contributed by atoms with van der Waals surface area (Å²) in [5.41, 5.74) is 0.932. The first-order valence-electron chi connectivity index (χ1n) is 5.90. The fourth-order valence-corrected chi connectivity index (χ4v) is 2.46. The van der Waals surface area contributed by atoms with Gasteiger partial charge in [0.05, 0.1) is 16.1 Å². The van der Waals surface area contributed by atoms with E-state index in [-0.39, 0.29) is 24.3 Å². The molecule has 3 atom stereocenters.